The number of hydrogen-bond donors (Lipinski definition) is 1. The summed E-state index contributed by atoms with van der Waals surface area (Å²) in [6.45, 7) is 0.818. The third-order valence-electron chi connectivity index (χ3n) is 5.34. The molecule has 2 amide bonds. The summed E-state index contributed by atoms with van der Waals surface area (Å²) in [4.78, 5) is 31.5. The Morgan fingerprint density at radius 2 is 1.91 bits per heavy atom. The summed E-state index contributed by atoms with van der Waals surface area (Å²) in [5.74, 6) is -1.17. The Bertz CT molecular complexity index is 1130. The number of amides is 2. The van der Waals surface area contributed by atoms with Gasteiger partial charge in [-0.3, -0.25) is 9.59 Å². The molecule has 0 spiro atoms. The maximum atomic E-state index is 13.7. The van der Waals surface area contributed by atoms with Gasteiger partial charge < -0.3 is 15.0 Å². The molecular formula is C23H21F2N3O3S. The SMILES string of the molecule is COc1ccc(F)cc1-c1csc(NC(=O)C2CCCN(C(=O)c3ccc(F)cc3)C2)n1. The topological polar surface area (TPSA) is 71.5 Å². The Labute approximate surface area is 187 Å². The first-order chi connectivity index (χ1) is 15.4. The van der Waals surface area contributed by atoms with E-state index in [-0.39, 0.29) is 24.3 Å². The molecule has 0 aliphatic carbocycles. The van der Waals surface area contributed by atoms with Crippen molar-refractivity contribution in [1.29, 1.82) is 0 Å². The van der Waals surface area contributed by atoms with Gasteiger partial charge in [0.25, 0.3) is 5.91 Å². The maximum Gasteiger partial charge on any atom is 0.253 e. The summed E-state index contributed by atoms with van der Waals surface area (Å²) in [6.07, 6.45) is 1.34. The summed E-state index contributed by atoms with van der Waals surface area (Å²) in [6, 6.07) is 9.54. The Morgan fingerprint density at radius 1 is 1.16 bits per heavy atom. The number of piperidine rings is 1. The smallest absolute Gasteiger partial charge is 0.253 e. The minimum Gasteiger partial charge on any atom is -0.496 e. The number of nitrogens with zero attached hydrogens (tertiary/aromatic N) is 2. The summed E-state index contributed by atoms with van der Waals surface area (Å²) < 4.78 is 32.1. The van der Waals surface area contributed by atoms with Crippen molar-refractivity contribution < 1.29 is 23.1 Å². The van der Waals surface area contributed by atoms with Crippen molar-refractivity contribution in [2.45, 2.75) is 12.8 Å². The largest absolute Gasteiger partial charge is 0.496 e. The van der Waals surface area contributed by atoms with Gasteiger partial charge in [-0.05, 0) is 55.3 Å². The fourth-order valence-corrected chi connectivity index (χ4v) is 4.41. The molecule has 3 aromatic rings. The van der Waals surface area contributed by atoms with Crippen LogP contribution >= 0.6 is 11.3 Å². The number of anilines is 1. The van der Waals surface area contributed by atoms with E-state index in [0.29, 0.717) is 47.1 Å². The predicted octanol–water partition coefficient (Wildman–Crippen LogP) is 4.59. The molecule has 0 radical (unpaired) electrons. The lowest BCUT2D eigenvalue weighted by Gasteiger charge is -2.32. The number of ether oxygens (including phenoxy) is 1. The standard InChI is InChI=1S/C23H21F2N3O3S/c1-31-20-9-8-17(25)11-18(20)19-13-32-23(26-19)27-21(29)15-3-2-10-28(12-15)22(30)14-4-6-16(24)7-5-14/h4-9,11,13,15H,2-3,10,12H2,1H3,(H,26,27,29). The Kier molecular flexibility index (Phi) is 6.45. The monoisotopic (exact) mass is 457 g/mol. The molecule has 1 fully saturated rings. The lowest BCUT2D eigenvalue weighted by molar-refractivity contribution is -0.121. The van der Waals surface area contributed by atoms with Gasteiger partial charge in [-0.2, -0.15) is 0 Å². The van der Waals surface area contributed by atoms with Crippen LogP contribution in [0.25, 0.3) is 11.3 Å². The van der Waals surface area contributed by atoms with Gasteiger partial charge in [0.1, 0.15) is 17.4 Å². The highest BCUT2D eigenvalue weighted by Crippen LogP contribution is 2.33. The number of aromatic nitrogens is 1. The van der Waals surface area contributed by atoms with Crippen LogP contribution < -0.4 is 10.1 Å². The molecule has 1 aliphatic rings. The molecule has 166 valence electrons. The Hall–Kier alpha value is -3.33. The van der Waals surface area contributed by atoms with E-state index in [9.17, 15) is 18.4 Å². The molecule has 2 aromatic carbocycles. The highest BCUT2D eigenvalue weighted by atomic mass is 32.1. The number of nitrogens with one attached hydrogen (secondary N) is 1. The predicted molar refractivity (Wildman–Crippen MR) is 118 cm³/mol. The number of halogens is 2. The highest BCUT2D eigenvalue weighted by molar-refractivity contribution is 7.14. The van der Waals surface area contributed by atoms with E-state index in [1.165, 1.54) is 60.9 Å². The Balaban J connectivity index is 1.43. The summed E-state index contributed by atoms with van der Waals surface area (Å²) in [7, 11) is 1.49. The van der Waals surface area contributed by atoms with Crippen molar-refractivity contribution in [3.63, 3.8) is 0 Å². The summed E-state index contributed by atoms with van der Waals surface area (Å²) >= 11 is 1.23. The van der Waals surface area contributed by atoms with E-state index in [1.54, 1.807) is 10.3 Å². The van der Waals surface area contributed by atoms with E-state index in [4.69, 9.17) is 4.74 Å². The fourth-order valence-electron chi connectivity index (χ4n) is 3.69. The molecule has 1 N–H and O–H groups in total. The van der Waals surface area contributed by atoms with Crippen LogP contribution in [0.3, 0.4) is 0 Å². The van der Waals surface area contributed by atoms with Gasteiger partial charge in [0.15, 0.2) is 5.13 Å². The average molecular weight is 458 g/mol. The highest BCUT2D eigenvalue weighted by Gasteiger charge is 2.29. The molecule has 1 saturated heterocycles. The second-order valence-corrected chi connectivity index (χ2v) is 8.33. The van der Waals surface area contributed by atoms with Crippen molar-refractivity contribution in [3.8, 4) is 17.0 Å². The van der Waals surface area contributed by atoms with E-state index < -0.39 is 11.6 Å². The molecule has 32 heavy (non-hydrogen) atoms. The number of thiazole rings is 1. The van der Waals surface area contributed by atoms with E-state index in [1.807, 2.05) is 0 Å². The van der Waals surface area contributed by atoms with E-state index in [0.717, 1.165) is 0 Å². The van der Waals surface area contributed by atoms with Crippen LogP contribution in [-0.4, -0.2) is 41.9 Å². The quantitative estimate of drug-likeness (QED) is 0.609. The van der Waals surface area contributed by atoms with Crippen molar-refractivity contribution in [2.24, 2.45) is 5.92 Å². The second kappa shape index (κ2) is 9.44. The fraction of sp³-hybridized carbons (Fsp3) is 0.261. The number of carbonyl (C=O) groups is 2. The lowest BCUT2D eigenvalue weighted by Crippen LogP contribution is -2.43. The van der Waals surface area contributed by atoms with Crippen molar-refractivity contribution in [2.75, 3.05) is 25.5 Å². The van der Waals surface area contributed by atoms with Crippen LogP contribution in [0.4, 0.5) is 13.9 Å². The number of methoxy groups -OCH3 is 1. The zero-order valence-corrected chi connectivity index (χ0v) is 18.1. The molecule has 1 aliphatic heterocycles. The van der Waals surface area contributed by atoms with Crippen molar-refractivity contribution in [1.82, 2.24) is 9.88 Å². The normalized spacial score (nSPS) is 16.0. The van der Waals surface area contributed by atoms with E-state index >= 15 is 0 Å². The molecule has 2 heterocycles. The number of hydrogen-bond acceptors (Lipinski definition) is 5. The van der Waals surface area contributed by atoms with Gasteiger partial charge in [-0.1, -0.05) is 0 Å². The third-order valence-corrected chi connectivity index (χ3v) is 6.10. The molecular weight excluding hydrogens is 436 g/mol. The van der Waals surface area contributed by atoms with Crippen LogP contribution in [0.1, 0.15) is 23.2 Å². The van der Waals surface area contributed by atoms with Gasteiger partial charge in [-0.25, -0.2) is 13.8 Å². The van der Waals surface area contributed by atoms with Gasteiger partial charge in [0.05, 0.1) is 18.7 Å². The van der Waals surface area contributed by atoms with Crippen LogP contribution in [-0.2, 0) is 4.79 Å². The number of rotatable bonds is 5. The minimum absolute atomic E-state index is 0.225. The zero-order valence-electron chi connectivity index (χ0n) is 17.3. The van der Waals surface area contributed by atoms with Crippen LogP contribution in [0.15, 0.2) is 47.8 Å². The molecule has 9 heteroatoms. The first-order valence-electron chi connectivity index (χ1n) is 10.1. The van der Waals surface area contributed by atoms with Crippen molar-refractivity contribution >= 4 is 28.3 Å². The van der Waals surface area contributed by atoms with Crippen LogP contribution in [0, 0.1) is 17.6 Å². The van der Waals surface area contributed by atoms with Gasteiger partial charge in [-0.15, -0.1) is 11.3 Å². The molecule has 4 rings (SSSR count). The molecule has 0 bridgehead atoms. The maximum absolute atomic E-state index is 13.7. The van der Waals surface area contributed by atoms with Gasteiger partial charge in [0.2, 0.25) is 5.91 Å². The van der Waals surface area contributed by atoms with Crippen molar-refractivity contribution in [3.05, 3.63) is 65.0 Å². The molecule has 1 aromatic heterocycles. The lowest BCUT2D eigenvalue weighted by atomic mass is 9.96. The number of carbonyl (C=O) groups excluding carboxylic acids is 2. The Morgan fingerprint density at radius 3 is 2.66 bits per heavy atom. The van der Waals surface area contributed by atoms with Gasteiger partial charge >= 0.3 is 0 Å². The van der Waals surface area contributed by atoms with Crippen LogP contribution in [0.2, 0.25) is 0 Å². The zero-order chi connectivity index (χ0) is 22.7. The number of likely N-dealkylation sites (tertiary alicyclic amines) is 1. The average Bonchev–Trinajstić information content (AvgIpc) is 3.27. The second-order valence-electron chi connectivity index (χ2n) is 7.47. The summed E-state index contributed by atoms with van der Waals surface area (Å²) in [5, 5.41) is 4.91. The van der Waals surface area contributed by atoms with Gasteiger partial charge in [0, 0.05) is 29.6 Å². The van der Waals surface area contributed by atoms with E-state index in [2.05, 4.69) is 10.3 Å². The number of benzene rings is 2. The first kappa shape index (κ1) is 21.9. The third kappa shape index (κ3) is 4.77. The minimum atomic E-state index is -0.410. The molecule has 6 nitrogen and oxygen atoms in total. The molecule has 1 atom stereocenters. The summed E-state index contributed by atoms with van der Waals surface area (Å²) in [5.41, 5.74) is 1.39. The molecule has 0 saturated carbocycles. The molecule has 1 unspecified atom stereocenters. The van der Waals surface area contributed by atoms with Crippen LogP contribution in [0.5, 0.6) is 5.75 Å². The first-order valence-corrected chi connectivity index (χ1v) is 11.0.